The second-order valence-electron chi connectivity index (χ2n) is 12.9. The highest BCUT2D eigenvalue weighted by atomic mass is 16.7. The van der Waals surface area contributed by atoms with E-state index in [-0.39, 0.29) is 24.4 Å². The van der Waals surface area contributed by atoms with Crippen molar-refractivity contribution in [3.8, 4) is 0 Å². The lowest BCUT2D eigenvalue weighted by Gasteiger charge is -2.48. The van der Waals surface area contributed by atoms with Crippen LogP contribution in [0, 0.1) is 17.8 Å². The fourth-order valence-corrected chi connectivity index (χ4v) is 7.75. The number of nitrogens with one attached hydrogen (secondary N) is 1. The zero-order valence-electron chi connectivity index (χ0n) is 25.7. The molecule has 1 aliphatic heterocycles. The molecule has 0 amide bonds. The van der Waals surface area contributed by atoms with Crippen molar-refractivity contribution in [2.75, 3.05) is 7.11 Å². The molecule has 0 spiro atoms. The summed E-state index contributed by atoms with van der Waals surface area (Å²) >= 11 is 0. The molecule has 43 heavy (non-hydrogen) atoms. The molecule has 1 N–H and O–H groups in total. The van der Waals surface area contributed by atoms with E-state index in [9.17, 15) is 0 Å². The van der Waals surface area contributed by atoms with Crippen molar-refractivity contribution < 1.29 is 18.9 Å². The van der Waals surface area contributed by atoms with E-state index in [1.54, 1.807) is 7.11 Å². The highest BCUT2D eigenvalue weighted by molar-refractivity contribution is 5.16. The van der Waals surface area contributed by atoms with E-state index in [4.69, 9.17) is 18.9 Å². The molecule has 2 saturated carbocycles. The summed E-state index contributed by atoms with van der Waals surface area (Å²) in [6.07, 6.45) is 9.72. The van der Waals surface area contributed by atoms with Crippen LogP contribution in [-0.2, 0) is 38.7 Å². The van der Waals surface area contributed by atoms with Crippen LogP contribution in [0.5, 0.6) is 0 Å². The average molecular weight is 584 g/mol. The Kier molecular flexibility index (Phi) is 11.0. The van der Waals surface area contributed by atoms with Crippen LogP contribution in [0.3, 0.4) is 0 Å². The van der Waals surface area contributed by atoms with Gasteiger partial charge < -0.3 is 24.3 Å². The van der Waals surface area contributed by atoms with Crippen molar-refractivity contribution in [1.29, 1.82) is 0 Å². The SMILES string of the molecule is COC1O[C@H](C2CCC(CC3CCCC3)C2)[C@H](OCc2ccccc2)[C@H](OCc2ccccc2)[C@H]1NCc1ccccc1. The Morgan fingerprint density at radius 2 is 1.26 bits per heavy atom. The van der Waals surface area contributed by atoms with Crippen LogP contribution >= 0.6 is 0 Å². The predicted molar refractivity (Wildman–Crippen MR) is 170 cm³/mol. The van der Waals surface area contributed by atoms with Gasteiger partial charge in [0.15, 0.2) is 6.29 Å². The van der Waals surface area contributed by atoms with Gasteiger partial charge in [-0.2, -0.15) is 0 Å². The first-order valence-corrected chi connectivity index (χ1v) is 16.5. The van der Waals surface area contributed by atoms with Gasteiger partial charge in [0.2, 0.25) is 0 Å². The second kappa shape index (κ2) is 15.5. The molecule has 5 nitrogen and oxygen atoms in total. The van der Waals surface area contributed by atoms with Crippen LogP contribution in [0.2, 0.25) is 0 Å². The lowest BCUT2D eigenvalue weighted by molar-refractivity contribution is -0.287. The van der Waals surface area contributed by atoms with Crippen molar-refractivity contribution in [3.05, 3.63) is 108 Å². The van der Waals surface area contributed by atoms with Crippen LogP contribution in [0.1, 0.15) is 68.1 Å². The molecule has 0 bridgehead atoms. The van der Waals surface area contributed by atoms with E-state index < -0.39 is 6.29 Å². The monoisotopic (exact) mass is 583 g/mol. The third-order valence-electron chi connectivity index (χ3n) is 9.96. The first-order chi connectivity index (χ1) is 21.3. The summed E-state index contributed by atoms with van der Waals surface area (Å²) in [4.78, 5) is 0. The maximum absolute atomic E-state index is 6.93. The molecule has 3 aromatic carbocycles. The summed E-state index contributed by atoms with van der Waals surface area (Å²) < 4.78 is 26.8. The third-order valence-corrected chi connectivity index (χ3v) is 9.96. The topological polar surface area (TPSA) is 49.0 Å². The van der Waals surface area contributed by atoms with Gasteiger partial charge >= 0.3 is 0 Å². The maximum Gasteiger partial charge on any atom is 0.175 e. The minimum atomic E-state index is -0.431. The molecule has 5 heteroatoms. The molecule has 3 aromatic rings. The summed E-state index contributed by atoms with van der Waals surface area (Å²) in [5.41, 5.74) is 3.53. The van der Waals surface area contributed by atoms with Gasteiger partial charge in [-0.3, -0.25) is 0 Å². The van der Waals surface area contributed by atoms with Crippen LogP contribution in [0.25, 0.3) is 0 Å². The first-order valence-electron chi connectivity index (χ1n) is 16.5. The Morgan fingerprint density at radius 3 is 1.86 bits per heavy atom. The summed E-state index contributed by atoms with van der Waals surface area (Å²) in [6, 6.07) is 31.2. The molecule has 3 aliphatic rings. The first kappa shape index (κ1) is 30.5. The van der Waals surface area contributed by atoms with Crippen LogP contribution in [0.15, 0.2) is 91.0 Å². The molecule has 3 fully saturated rings. The smallest absolute Gasteiger partial charge is 0.175 e. The second-order valence-corrected chi connectivity index (χ2v) is 12.9. The molecular formula is C38H49NO4. The summed E-state index contributed by atoms with van der Waals surface area (Å²) in [7, 11) is 1.76. The molecule has 1 saturated heterocycles. The Morgan fingerprint density at radius 1 is 0.674 bits per heavy atom. The van der Waals surface area contributed by atoms with E-state index in [2.05, 4.69) is 90.2 Å². The third kappa shape index (κ3) is 8.14. The number of hydrogen-bond acceptors (Lipinski definition) is 5. The highest BCUT2D eigenvalue weighted by Gasteiger charge is 2.51. The summed E-state index contributed by atoms with van der Waals surface area (Å²) in [6.45, 7) is 1.74. The van der Waals surface area contributed by atoms with Crippen molar-refractivity contribution >= 4 is 0 Å². The Balaban J connectivity index is 1.26. The van der Waals surface area contributed by atoms with Crippen LogP contribution in [-0.4, -0.2) is 37.8 Å². The zero-order valence-corrected chi connectivity index (χ0v) is 25.7. The number of benzene rings is 3. The number of hydrogen-bond donors (Lipinski definition) is 1. The largest absolute Gasteiger partial charge is 0.369 e. The molecule has 0 aromatic heterocycles. The molecule has 2 aliphatic carbocycles. The van der Waals surface area contributed by atoms with Crippen molar-refractivity contribution in [3.63, 3.8) is 0 Å². The van der Waals surface area contributed by atoms with E-state index in [1.807, 2.05) is 6.07 Å². The Labute approximate surface area is 258 Å². The number of methoxy groups -OCH3 is 1. The van der Waals surface area contributed by atoms with Crippen molar-refractivity contribution in [2.24, 2.45) is 17.8 Å². The van der Waals surface area contributed by atoms with Gasteiger partial charge in [-0.05, 0) is 53.7 Å². The van der Waals surface area contributed by atoms with E-state index in [1.165, 1.54) is 56.9 Å². The van der Waals surface area contributed by atoms with E-state index >= 15 is 0 Å². The minimum absolute atomic E-state index is 0.0854. The molecule has 7 atom stereocenters. The maximum atomic E-state index is 6.93. The lowest BCUT2D eigenvalue weighted by Crippen LogP contribution is -2.65. The summed E-state index contributed by atoms with van der Waals surface area (Å²) in [5, 5.41) is 3.77. The van der Waals surface area contributed by atoms with Gasteiger partial charge in [-0.1, -0.05) is 123 Å². The normalized spacial score (nSPS) is 29.7. The molecular weight excluding hydrogens is 534 g/mol. The quantitative estimate of drug-likeness (QED) is 0.224. The molecule has 6 rings (SSSR count). The van der Waals surface area contributed by atoms with Crippen LogP contribution < -0.4 is 5.32 Å². The molecule has 3 unspecified atom stereocenters. The molecule has 0 radical (unpaired) electrons. The Bertz CT molecular complexity index is 1200. The minimum Gasteiger partial charge on any atom is -0.369 e. The van der Waals surface area contributed by atoms with Gasteiger partial charge in [0, 0.05) is 13.7 Å². The van der Waals surface area contributed by atoms with Gasteiger partial charge in [0.05, 0.1) is 25.4 Å². The Hall–Kier alpha value is -2.54. The van der Waals surface area contributed by atoms with E-state index in [0.29, 0.717) is 25.7 Å². The van der Waals surface area contributed by atoms with Gasteiger partial charge in [0.25, 0.3) is 0 Å². The number of rotatable bonds is 13. The highest BCUT2D eigenvalue weighted by Crippen LogP contribution is 2.44. The molecule has 1 heterocycles. The van der Waals surface area contributed by atoms with Gasteiger partial charge in [-0.15, -0.1) is 0 Å². The fourth-order valence-electron chi connectivity index (χ4n) is 7.75. The van der Waals surface area contributed by atoms with E-state index in [0.717, 1.165) is 23.0 Å². The number of ether oxygens (including phenoxy) is 4. The van der Waals surface area contributed by atoms with Gasteiger partial charge in [0.1, 0.15) is 12.2 Å². The predicted octanol–water partition coefficient (Wildman–Crippen LogP) is 7.68. The standard InChI is InChI=1S/C38H49NO4/c1-40-38-34(39-25-29-15-5-2-6-16-29)36(41-26-30-17-7-3-8-18-30)37(42-27-31-19-9-4-10-20-31)35(43-38)33-22-21-32(24-33)23-28-13-11-12-14-28/h2-10,15-20,28,32-39H,11-14,21-27H2,1H3/t32?,33?,34-,35-,36-,37+,38?/m1/s1. The van der Waals surface area contributed by atoms with Crippen LogP contribution in [0.4, 0.5) is 0 Å². The lowest BCUT2D eigenvalue weighted by atomic mass is 9.85. The van der Waals surface area contributed by atoms with Gasteiger partial charge in [-0.25, -0.2) is 0 Å². The zero-order chi connectivity index (χ0) is 29.3. The van der Waals surface area contributed by atoms with Crippen molar-refractivity contribution in [1.82, 2.24) is 5.32 Å². The summed E-state index contributed by atoms with van der Waals surface area (Å²) in [5.74, 6) is 2.13. The van der Waals surface area contributed by atoms with Crippen molar-refractivity contribution in [2.45, 2.75) is 102 Å². The fraction of sp³-hybridized carbons (Fsp3) is 0.526. The average Bonchev–Trinajstić information content (AvgIpc) is 3.76. The molecule has 230 valence electrons.